The maximum Gasteiger partial charge on any atom is 0.166 e. The van der Waals surface area contributed by atoms with Crippen molar-refractivity contribution in [2.75, 3.05) is 0 Å². The molecule has 0 saturated heterocycles. The molecule has 0 fully saturated rings. The summed E-state index contributed by atoms with van der Waals surface area (Å²) in [5, 5.41) is 8.00. The summed E-state index contributed by atoms with van der Waals surface area (Å²) in [6.07, 6.45) is 0. The highest BCUT2D eigenvalue weighted by Crippen LogP contribution is 2.23. The van der Waals surface area contributed by atoms with Gasteiger partial charge in [-0.15, -0.1) is 10.2 Å². The maximum atomic E-state index is 14.0. The second kappa shape index (κ2) is 4.63. The molecule has 5 heteroatoms. The molecule has 0 radical (unpaired) electrons. The molecule has 0 bridgehead atoms. The summed E-state index contributed by atoms with van der Waals surface area (Å²) in [7, 11) is 0. The smallest absolute Gasteiger partial charge is 0.166 e. The molecule has 0 amide bonds. The van der Waals surface area contributed by atoms with Gasteiger partial charge in [0.25, 0.3) is 0 Å². The minimum Gasteiger partial charge on any atom is -0.324 e. The number of halogens is 1. The van der Waals surface area contributed by atoms with Gasteiger partial charge in [0, 0.05) is 6.54 Å². The van der Waals surface area contributed by atoms with Gasteiger partial charge in [-0.3, -0.25) is 0 Å². The van der Waals surface area contributed by atoms with Crippen LogP contribution in [0.2, 0.25) is 0 Å². The molecular weight excluding hydrogens is 219 g/mol. The van der Waals surface area contributed by atoms with E-state index in [9.17, 15) is 4.39 Å². The van der Waals surface area contributed by atoms with Gasteiger partial charge in [0.1, 0.15) is 11.6 Å². The zero-order chi connectivity index (χ0) is 12.4. The molecule has 0 aliphatic carbocycles. The van der Waals surface area contributed by atoms with Crippen molar-refractivity contribution in [3.8, 4) is 11.4 Å². The highest BCUT2D eigenvalue weighted by molar-refractivity contribution is 5.57. The first-order valence-corrected chi connectivity index (χ1v) is 5.56. The molecule has 0 atom stereocenters. The number of hydrogen-bond donors (Lipinski definition) is 1. The third-order valence-electron chi connectivity index (χ3n) is 2.76. The number of rotatable bonds is 3. The fourth-order valence-electron chi connectivity index (χ4n) is 1.84. The lowest BCUT2D eigenvalue weighted by molar-refractivity contribution is 0.617. The van der Waals surface area contributed by atoms with Crippen molar-refractivity contribution in [2.45, 2.75) is 26.9 Å². The molecule has 4 nitrogen and oxygen atoms in total. The Hall–Kier alpha value is -1.75. The quantitative estimate of drug-likeness (QED) is 0.882. The largest absolute Gasteiger partial charge is 0.324 e. The summed E-state index contributed by atoms with van der Waals surface area (Å²) >= 11 is 0. The van der Waals surface area contributed by atoms with E-state index in [2.05, 4.69) is 10.2 Å². The first kappa shape index (κ1) is 11.7. The Kier molecular flexibility index (Phi) is 3.19. The Morgan fingerprint density at radius 2 is 2.12 bits per heavy atom. The summed E-state index contributed by atoms with van der Waals surface area (Å²) in [5.74, 6) is 0.954. The normalized spacial score (nSPS) is 10.8. The van der Waals surface area contributed by atoms with Crippen molar-refractivity contribution < 1.29 is 4.39 Å². The van der Waals surface area contributed by atoms with Crippen LogP contribution in [0.15, 0.2) is 18.2 Å². The van der Waals surface area contributed by atoms with Crippen LogP contribution >= 0.6 is 0 Å². The molecule has 2 N–H and O–H groups in total. The SMILES string of the molecule is CCn1c(CN)nnc1-c1cccc(C)c1F. The Bertz CT molecular complexity index is 533. The van der Waals surface area contributed by atoms with Gasteiger partial charge in [-0.05, 0) is 25.5 Å². The molecule has 0 aliphatic rings. The molecule has 2 rings (SSSR count). The van der Waals surface area contributed by atoms with Crippen LogP contribution in [-0.2, 0) is 13.1 Å². The number of hydrogen-bond acceptors (Lipinski definition) is 3. The van der Waals surface area contributed by atoms with E-state index < -0.39 is 0 Å². The molecule has 17 heavy (non-hydrogen) atoms. The van der Waals surface area contributed by atoms with Crippen molar-refractivity contribution in [2.24, 2.45) is 5.73 Å². The summed E-state index contributed by atoms with van der Waals surface area (Å²) in [4.78, 5) is 0. The van der Waals surface area contributed by atoms with Crippen LogP contribution in [-0.4, -0.2) is 14.8 Å². The van der Waals surface area contributed by atoms with Gasteiger partial charge < -0.3 is 10.3 Å². The van der Waals surface area contributed by atoms with Gasteiger partial charge in [-0.1, -0.05) is 12.1 Å². The Morgan fingerprint density at radius 3 is 2.76 bits per heavy atom. The lowest BCUT2D eigenvalue weighted by Gasteiger charge is -2.08. The molecule has 2 aromatic rings. The van der Waals surface area contributed by atoms with E-state index in [0.717, 1.165) is 0 Å². The molecule has 1 aromatic carbocycles. The molecule has 0 unspecified atom stereocenters. The van der Waals surface area contributed by atoms with Crippen LogP contribution in [0.25, 0.3) is 11.4 Å². The highest BCUT2D eigenvalue weighted by Gasteiger charge is 2.15. The fraction of sp³-hybridized carbons (Fsp3) is 0.333. The number of nitrogens with zero attached hydrogens (tertiary/aromatic N) is 3. The lowest BCUT2D eigenvalue weighted by atomic mass is 10.1. The predicted molar refractivity (Wildman–Crippen MR) is 63.7 cm³/mol. The summed E-state index contributed by atoms with van der Waals surface area (Å²) < 4.78 is 15.8. The van der Waals surface area contributed by atoms with E-state index in [1.165, 1.54) is 0 Å². The van der Waals surface area contributed by atoms with Crippen LogP contribution in [0.3, 0.4) is 0 Å². The van der Waals surface area contributed by atoms with Crippen molar-refractivity contribution in [3.63, 3.8) is 0 Å². The fourth-order valence-corrected chi connectivity index (χ4v) is 1.84. The van der Waals surface area contributed by atoms with Crippen molar-refractivity contribution in [1.82, 2.24) is 14.8 Å². The average Bonchev–Trinajstić information content (AvgIpc) is 2.75. The predicted octanol–water partition coefficient (Wildman–Crippen LogP) is 1.87. The topological polar surface area (TPSA) is 56.7 Å². The van der Waals surface area contributed by atoms with Crippen LogP contribution in [0, 0.1) is 12.7 Å². The third-order valence-corrected chi connectivity index (χ3v) is 2.76. The molecule has 0 aliphatic heterocycles. The standard InChI is InChI=1S/C12H15FN4/c1-3-17-10(7-14)15-16-12(17)9-6-4-5-8(2)11(9)13/h4-6H,3,7,14H2,1-2H3. The van der Waals surface area contributed by atoms with Crippen LogP contribution < -0.4 is 5.73 Å². The number of aryl methyl sites for hydroxylation is 1. The first-order valence-electron chi connectivity index (χ1n) is 5.56. The molecular formula is C12H15FN4. The number of benzene rings is 1. The average molecular weight is 234 g/mol. The van der Waals surface area contributed by atoms with Crippen LogP contribution in [0.1, 0.15) is 18.3 Å². The molecule has 0 saturated carbocycles. The first-order chi connectivity index (χ1) is 8.19. The van der Waals surface area contributed by atoms with E-state index in [-0.39, 0.29) is 5.82 Å². The van der Waals surface area contributed by atoms with Gasteiger partial charge in [-0.25, -0.2) is 4.39 Å². The zero-order valence-corrected chi connectivity index (χ0v) is 9.94. The van der Waals surface area contributed by atoms with Gasteiger partial charge in [-0.2, -0.15) is 0 Å². The van der Waals surface area contributed by atoms with Crippen molar-refractivity contribution in [1.29, 1.82) is 0 Å². The third kappa shape index (κ3) is 1.93. The Morgan fingerprint density at radius 1 is 1.35 bits per heavy atom. The monoisotopic (exact) mass is 234 g/mol. The van der Waals surface area contributed by atoms with Gasteiger partial charge in [0.2, 0.25) is 0 Å². The summed E-state index contributed by atoms with van der Waals surface area (Å²) in [5.41, 5.74) is 6.64. The second-order valence-corrected chi connectivity index (χ2v) is 3.82. The van der Waals surface area contributed by atoms with Crippen LogP contribution in [0.4, 0.5) is 4.39 Å². The summed E-state index contributed by atoms with van der Waals surface area (Å²) in [6.45, 7) is 4.66. The molecule has 90 valence electrons. The van der Waals surface area contributed by atoms with E-state index in [4.69, 9.17) is 5.73 Å². The number of aromatic nitrogens is 3. The van der Waals surface area contributed by atoms with E-state index >= 15 is 0 Å². The minimum absolute atomic E-state index is 0.252. The van der Waals surface area contributed by atoms with Crippen LogP contribution in [0.5, 0.6) is 0 Å². The van der Waals surface area contributed by atoms with E-state index in [1.54, 1.807) is 19.1 Å². The van der Waals surface area contributed by atoms with Gasteiger partial charge >= 0.3 is 0 Å². The molecule has 0 spiro atoms. The van der Waals surface area contributed by atoms with Crippen molar-refractivity contribution >= 4 is 0 Å². The zero-order valence-electron chi connectivity index (χ0n) is 9.94. The second-order valence-electron chi connectivity index (χ2n) is 3.82. The highest BCUT2D eigenvalue weighted by atomic mass is 19.1. The maximum absolute atomic E-state index is 14.0. The van der Waals surface area contributed by atoms with Crippen molar-refractivity contribution in [3.05, 3.63) is 35.4 Å². The minimum atomic E-state index is -0.252. The Labute approximate surface area is 99.3 Å². The molecule has 1 heterocycles. The van der Waals surface area contributed by atoms with E-state index in [1.807, 2.05) is 17.6 Å². The summed E-state index contributed by atoms with van der Waals surface area (Å²) in [6, 6.07) is 5.25. The Balaban J connectivity index is 2.60. The lowest BCUT2D eigenvalue weighted by Crippen LogP contribution is -2.08. The molecule has 1 aromatic heterocycles. The number of nitrogens with two attached hydrogens (primary N) is 1. The van der Waals surface area contributed by atoms with E-state index in [0.29, 0.717) is 35.9 Å². The van der Waals surface area contributed by atoms with Gasteiger partial charge in [0.15, 0.2) is 5.82 Å². The van der Waals surface area contributed by atoms with Gasteiger partial charge in [0.05, 0.1) is 12.1 Å².